The van der Waals surface area contributed by atoms with Gasteiger partial charge in [-0.2, -0.15) is 0 Å². The Kier molecular flexibility index (Phi) is 5.64. The van der Waals surface area contributed by atoms with Crippen molar-refractivity contribution in [2.24, 2.45) is 0 Å². The molecule has 0 aliphatic carbocycles. The molecule has 1 N–H and O–H groups in total. The average molecular weight is 334 g/mol. The first-order chi connectivity index (χ1) is 10.5. The van der Waals surface area contributed by atoms with Crippen molar-refractivity contribution in [3.05, 3.63) is 82.4 Å². The quantitative estimate of drug-likeness (QED) is 0.754. The Morgan fingerprint density at radius 2 is 1.77 bits per heavy atom. The molecular weight excluding hydrogens is 317 g/mol. The van der Waals surface area contributed by atoms with Crippen molar-refractivity contribution in [1.29, 1.82) is 0 Å². The second kappa shape index (κ2) is 7.48. The number of amides is 1. The zero-order valence-electron chi connectivity index (χ0n) is 12.2. The number of rotatable bonds is 5. The van der Waals surface area contributed by atoms with E-state index in [0.717, 1.165) is 11.1 Å². The predicted octanol–water partition coefficient (Wildman–Crippen LogP) is 5.14. The summed E-state index contributed by atoms with van der Waals surface area (Å²) in [5.74, 6) is -0.197. The van der Waals surface area contributed by atoms with E-state index >= 15 is 0 Å². The molecule has 0 radical (unpaired) electrons. The second-order valence-electron chi connectivity index (χ2n) is 5.05. The van der Waals surface area contributed by atoms with Gasteiger partial charge in [0.1, 0.15) is 0 Å². The van der Waals surface area contributed by atoms with Gasteiger partial charge in [0.25, 0.3) is 0 Å². The van der Waals surface area contributed by atoms with Crippen molar-refractivity contribution < 1.29 is 4.79 Å². The van der Waals surface area contributed by atoms with Crippen LogP contribution in [0.4, 0.5) is 0 Å². The molecule has 2 atom stereocenters. The fraction of sp³-hybridized carbons (Fsp3) is 0.167. The third kappa shape index (κ3) is 4.12. The largest absolute Gasteiger partial charge is 0.349 e. The average Bonchev–Trinajstić information content (AvgIpc) is 2.47. The number of benzene rings is 2. The number of hydrogen-bond acceptors (Lipinski definition) is 1. The highest BCUT2D eigenvalue weighted by molar-refractivity contribution is 6.30. The first-order valence-electron chi connectivity index (χ1n) is 6.92. The topological polar surface area (TPSA) is 29.1 Å². The summed E-state index contributed by atoms with van der Waals surface area (Å²) in [5, 5.41) is 4.30. The van der Waals surface area contributed by atoms with Crippen molar-refractivity contribution >= 4 is 29.1 Å². The van der Waals surface area contributed by atoms with Gasteiger partial charge in [0.15, 0.2) is 0 Å². The monoisotopic (exact) mass is 333 g/mol. The zero-order valence-corrected chi connectivity index (χ0v) is 13.7. The van der Waals surface area contributed by atoms with Gasteiger partial charge in [0.2, 0.25) is 5.91 Å². The molecule has 0 fully saturated rings. The van der Waals surface area contributed by atoms with Crippen LogP contribution in [-0.4, -0.2) is 5.91 Å². The number of hydrogen-bond donors (Lipinski definition) is 1. The Balaban J connectivity index is 2.43. The molecule has 2 rings (SSSR count). The number of nitrogens with one attached hydrogen (secondary N) is 1. The maximum atomic E-state index is 11.6. The third-order valence-electron chi connectivity index (χ3n) is 3.43. The van der Waals surface area contributed by atoms with Gasteiger partial charge in [-0.1, -0.05) is 53.5 Å². The molecular formula is C18H17Cl2NO. The highest BCUT2D eigenvalue weighted by atomic mass is 35.5. The Bertz CT molecular complexity index is 667. The minimum absolute atomic E-state index is 0.0937. The molecule has 1 unspecified atom stereocenters. The molecule has 0 aliphatic heterocycles. The normalized spacial score (nSPS) is 13.2. The molecule has 0 spiro atoms. The highest BCUT2D eigenvalue weighted by Crippen LogP contribution is 2.33. The van der Waals surface area contributed by atoms with E-state index in [1.54, 1.807) is 0 Å². The van der Waals surface area contributed by atoms with E-state index in [4.69, 9.17) is 23.2 Å². The minimum Gasteiger partial charge on any atom is -0.349 e. The van der Waals surface area contributed by atoms with Crippen molar-refractivity contribution in [2.75, 3.05) is 0 Å². The molecule has 114 valence electrons. The lowest BCUT2D eigenvalue weighted by atomic mass is 9.87. The van der Waals surface area contributed by atoms with Crippen LogP contribution in [0.1, 0.15) is 30.0 Å². The van der Waals surface area contributed by atoms with Crippen LogP contribution in [0.3, 0.4) is 0 Å². The van der Waals surface area contributed by atoms with E-state index in [1.165, 1.54) is 6.92 Å². The summed E-state index contributed by atoms with van der Waals surface area (Å²) in [6.45, 7) is 5.42. The summed E-state index contributed by atoms with van der Waals surface area (Å²) in [4.78, 5) is 11.6. The molecule has 1 amide bonds. The fourth-order valence-corrected chi connectivity index (χ4v) is 2.77. The zero-order chi connectivity index (χ0) is 16.1. The number of carbonyl (C=O) groups excluding carboxylic acids is 1. The molecule has 2 nitrogen and oxygen atoms in total. The van der Waals surface area contributed by atoms with Crippen molar-refractivity contribution in [2.45, 2.75) is 18.9 Å². The highest BCUT2D eigenvalue weighted by Gasteiger charge is 2.23. The molecule has 0 bridgehead atoms. The minimum atomic E-state index is -0.231. The van der Waals surface area contributed by atoms with Gasteiger partial charge in [0.05, 0.1) is 6.04 Å². The predicted molar refractivity (Wildman–Crippen MR) is 92.4 cm³/mol. The van der Waals surface area contributed by atoms with Gasteiger partial charge < -0.3 is 5.32 Å². The maximum absolute atomic E-state index is 11.6. The van der Waals surface area contributed by atoms with Crippen LogP contribution in [0.5, 0.6) is 0 Å². The molecule has 22 heavy (non-hydrogen) atoms. The van der Waals surface area contributed by atoms with Crippen LogP contribution in [-0.2, 0) is 4.79 Å². The van der Waals surface area contributed by atoms with E-state index in [9.17, 15) is 4.79 Å². The SMILES string of the molecule is C=CC(c1cccc(Cl)c1)[C@H](NC(C)=O)c1ccc(Cl)cc1. The van der Waals surface area contributed by atoms with Crippen LogP contribution in [0.25, 0.3) is 0 Å². The molecule has 0 saturated heterocycles. The lowest BCUT2D eigenvalue weighted by Gasteiger charge is -2.26. The number of halogens is 2. The molecule has 4 heteroatoms. The third-order valence-corrected chi connectivity index (χ3v) is 3.92. The van der Waals surface area contributed by atoms with Crippen molar-refractivity contribution in [3.8, 4) is 0 Å². The van der Waals surface area contributed by atoms with Crippen molar-refractivity contribution in [1.82, 2.24) is 5.32 Å². The lowest BCUT2D eigenvalue weighted by molar-refractivity contribution is -0.119. The van der Waals surface area contributed by atoms with Crippen LogP contribution in [0.2, 0.25) is 10.0 Å². The standard InChI is InChI=1S/C18H17Cl2NO/c1-3-17(14-5-4-6-16(20)11-14)18(21-12(2)22)13-7-9-15(19)10-8-13/h3-11,17-18H,1H2,2H3,(H,21,22)/t17?,18-/m1/s1. The van der Waals surface area contributed by atoms with E-state index < -0.39 is 0 Å². The van der Waals surface area contributed by atoms with Gasteiger partial charge in [-0.25, -0.2) is 0 Å². The van der Waals surface area contributed by atoms with Gasteiger partial charge in [0, 0.05) is 22.9 Å². The lowest BCUT2D eigenvalue weighted by Crippen LogP contribution is -2.30. The van der Waals surface area contributed by atoms with Crippen LogP contribution >= 0.6 is 23.2 Å². The van der Waals surface area contributed by atoms with E-state index in [2.05, 4.69) is 11.9 Å². The molecule has 0 saturated carbocycles. The Morgan fingerprint density at radius 3 is 2.32 bits per heavy atom. The fourth-order valence-electron chi connectivity index (χ4n) is 2.45. The van der Waals surface area contributed by atoms with Crippen LogP contribution in [0, 0.1) is 0 Å². The summed E-state index contributed by atoms with van der Waals surface area (Å²) in [6, 6.07) is 14.8. The summed E-state index contributed by atoms with van der Waals surface area (Å²) < 4.78 is 0. The smallest absolute Gasteiger partial charge is 0.217 e. The molecule has 2 aromatic rings. The van der Waals surface area contributed by atoms with E-state index in [-0.39, 0.29) is 17.9 Å². The molecule has 0 aliphatic rings. The van der Waals surface area contributed by atoms with Crippen LogP contribution < -0.4 is 5.32 Å². The van der Waals surface area contributed by atoms with Gasteiger partial charge in [-0.05, 0) is 35.4 Å². The second-order valence-corrected chi connectivity index (χ2v) is 5.92. The Morgan fingerprint density at radius 1 is 1.09 bits per heavy atom. The summed E-state index contributed by atoms with van der Waals surface area (Å²) in [7, 11) is 0. The Labute approximate surface area is 140 Å². The van der Waals surface area contributed by atoms with Gasteiger partial charge in [-0.3, -0.25) is 4.79 Å². The number of carbonyl (C=O) groups is 1. The van der Waals surface area contributed by atoms with Gasteiger partial charge in [-0.15, -0.1) is 6.58 Å². The first-order valence-corrected chi connectivity index (χ1v) is 7.67. The summed E-state index contributed by atoms with van der Waals surface area (Å²) >= 11 is 12.0. The Hall–Kier alpha value is -1.77. The van der Waals surface area contributed by atoms with Crippen LogP contribution in [0.15, 0.2) is 61.2 Å². The molecule has 2 aromatic carbocycles. The molecule has 0 aromatic heterocycles. The van der Waals surface area contributed by atoms with Gasteiger partial charge >= 0.3 is 0 Å². The summed E-state index contributed by atoms with van der Waals surface area (Å²) in [5.41, 5.74) is 1.96. The first kappa shape index (κ1) is 16.6. The van der Waals surface area contributed by atoms with E-state index in [1.807, 2.05) is 54.6 Å². The summed E-state index contributed by atoms with van der Waals surface area (Å²) in [6.07, 6.45) is 1.82. The maximum Gasteiger partial charge on any atom is 0.217 e. The van der Waals surface area contributed by atoms with E-state index in [0.29, 0.717) is 10.0 Å². The molecule has 0 heterocycles. The van der Waals surface area contributed by atoms with Crippen molar-refractivity contribution in [3.63, 3.8) is 0 Å².